The Labute approximate surface area is 161 Å². The third-order valence-corrected chi connectivity index (χ3v) is 4.89. The molecule has 0 bridgehead atoms. The number of amides is 2. The summed E-state index contributed by atoms with van der Waals surface area (Å²) in [6.07, 6.45) is 1.68. The van der Waals surface area contributed by atoms with Crippen molar-refractivity contribution in [2.24, 2.45) is 5.92 Å². The second-order valence-electron chi connectivity index (χ2n) is 7.19. The molecule has 0 aliphatic carbocycles. The normalized spacial score (nSPS) is 17.0. The summed E-state index contributed by atoms with van der Waals surface area (Å²) in [4.78, 5) is 29.1. The summed E-state index contributed by atoms with van der Waals surface area (Å²) >= 11 is 0. The van der Waals surface area contributed by atoms with E-state index in [1.165, 1.54) is 5.56 Å². The molecule has 5 nitrogen and oxygen atoms in total. The summed E-state index contributed by atoms with van der Waals surface area (Å²) in [6, 6.07) is 19.6. The van der Waals surface area contributed by atoms with Crippen molar-refractivity contribution in [3.05, 3.63) is 66.2 Å². The topological polar surface area (TPSA) is 52.7 Å². The molecule has 2 aromatic rings. The minimum atomic E-state index is -0.151. The predicted molar refractivity (Wildman–Crippen MR) is 107 cm³/mol. The third-order valence-electron chi connectivity index (χ3n) is 4.89. The van der Waals surface area contributed by atoms with Gasteiger partial charge in [-0.1, -0.05) is 48.5 Å². The van der Waals surface area contributed by atoms with Crippen molar-refractivity contribution >= 4 is 17.5 Å². The fourth-order valence-electron chi connectivity index (χ4n) is 3.47. The van der Waals surface area contributed by atoms with Gasteiger partial charge in [0.15, 0.2) is 0 Å². The lowest BCUT2D eigenvalue weighted by molar-refractivity contribution is -0.135. The molecule has 1 unspecified atom stereocenters. The second kappa shape index (κ2) is 9.33. The van der Waals surface area contributed by atoms with Crippen molar-refractivity contribution in [2.75, 3.05) is 32.0 Å². The summed E-state index contributed by atoms with van der Waals surface area (Å²) in [5.41, 5.74) is 1.99. The predicted octanol–water partition coefficient (Wildman–Crippen LogP) is 3.00. The molecule has 0 spiro atoms. The van der Waals surface area contributed by atoms with Crippen molar-refractivity contribution in [1.29, 1.82) is 0 Å². The van der Waals surface area contributed by atoms with Gasteiger partial charge in [0, 0.05) is 25.3 Å². The van der Waals surface area contributed by atoms with Crippen molar-refractivity contribution in [1.82, 2.24) is 9.80 Å². The van der Waals surface area contributed by atoms with E-state index in [9.17, 15) is 9.59 Å². The van der Waals surface area contributed by atoms with Crippen molar-refractivity contribution in [3.63, 3.8) is 0 Å². The number of likely N-dealkylation sites (tertiary alicyclic amines) is 1. The Hall–Kier alpha value is -2.66. The van der Waals surface area contributed by atoms with Gasteiger partial charge < -0.3 is 10.2 Å². The maximum atomic E-state index is 12.7. The average Bonchev–Trinajstić information content (AvgIpc) is 2.69. The number of para-hydroxylation sites is 1. The highest BCUT2D eigenvalue weighted by Crippen LogP contribution is 2.19. The molecule has 0 aromatic heterocycles. The molecule has 3 rings (SSSR count). The van der Waals surface area contributed by atoms with Gasteiger partial charge in [-0.15, -0.1) is 0 Å². The first-order chi connectivity index (χ1) is 13.1. The fraction of sp³-hybridized carbons (Fsp3) is 0.364. The number of piperidine rings is 1. The highest BCUT2D eigenvalue weighted by molar-refractivity contribution is 5.93. The number of nitrogens with one attached hydrogen (secondary N) is 1. The average molecular weight is 365 g/mol. The molecular formula is C22H27N3O2. The molecule has 142 valence electrons. The van der Waals surface area contributed by atoms with E-state index in [1.54, 1.807) is 0 Å². The van der Waals surface area contributed by atoms with Crippen LogP contribution in [0.3, 0.4) is 0 Å². The van der Waals surface area contributed by atoms with Crippen molar-refractivity contribution in [3.8, 4) is 0 Å². The number of anilines is 1. The van der Waals surface area contributed by atoms with Crippen molar-refractivity contribution in [2.45, 2.75) is 19.4 Å². The lowest BCUT2D eigenvalue weighted by Crippen LogP contribution is -2.46. The maximum absolute atomic E-state index is 12.7. The summed E-state index contributed by atoms with van der Waals surface area (Å²) in [5, 5.41) is 2.96. The second-order valence-corrected chi connectivity index (χ2v) is 7.19. The van der Waals surface area contributed by atoms with Crippen LogP contribution in [0.15, 0.2) is 60.7 Å². The van der Waals surface area contributed by atoms with Gasteiger partial charge in [-0.25, -0.2) is 0 Å². The van der Waals surface area contributed by atoms with E-state index in [1.807, 2.05) is 65.4 Å². The summed E-state index contributed by atoms with van der Waals surface area (Å²) < 4.78 is 0. The molecule has 1 heterocycles. The number of hydrogen-bond donors (Lipinski definition) is 1. The number of benzene rings is 2. The molecule has 27 heavy (non-hydrogen) atoms. The van der Waals surface area contributed by atoms with E-state index in [0.29, 0.717) is 13.1 Å². The van der Waals surface area contributed by atoms with Crippen LogP contribution in [0.4, 0.5) is 5.69 Å². The lowest BCUT2D eigenvalue weighted by Gasteiger charge is -2.33. The summed E-state index contributed by atoms with van der Waals surface area (Å²) in [7, 11) is 1.95. The van der Waals surface area contributed by atoms with Gasteiger partial charge in [0.2, 0.25) is 11.8 Å². The minimum absolute atomic E-state index is 0.00339. The highest BCUT2D eigenvalue weighted by atomic mass is 16.2. The van der Waals surface area contributed by atoms with E-state index < -0.39 is 0 Å². The van der Waals surface area contributed by atoms with Crippen LogP contribution in [-0.2, 0) is 16.1 Å². The van der Waals surface area contributed by atoms with Gasteiger partial charge >= 0.3 is 0 Å². The number of likely N-dealkylation sites (N-methyl/N-ethyl adjacent to an activating group) is 1. The SMILES string of the molecule is CN(CC(=O)N1CCCC(C(=O)Nc2ccccc2)C1)Cc1ccccc1. The first-order valence-electron chi connectivity index (χ1n) is 9.48. The fourth-order valence-corrected chi connectivity index (χ4v) is 3.47. The number of carbonyl (C=O) groups is 2. The van der Waals surface area contributed by atoms with E-state index >= 15 is 0 Å². The van der Waals surface area contributed by atoms with Crippen LogP contribution in [-0.4, -0.2) is 48.3 Å². The first kappa shape index (κ1) is 19.1. The molecule has 1 saturated heterocycles. The summed E-state index contributed by atoms with van der Waals surface area (Å²) in [6.45, 7) is 2.32. The molecule has 1 atom stereocenters. The number of hydrogen-bond acceptors (Lipinski definition) is 3. The van der Waals surface area contributed by atoms with Crippen LogP contribution in [0.25, 0.3) is 0 Å². The van der Waals surface area contributed by atoms with E-state index in [0.717, 1.165) is 31.6 Å². The maximum Gasteiger partial charge on any atom is 0.236 e. The van der Waals surface area contributed by atoms with E-state index in [4.69, 9.17) is 0 Å². The van der Waals surface area contributed by atoms with Crippen LogP contribution in [0.1, 0.15) is 18.4 Å². The molecule has 1 N–H and O–H groups in total. The van der Waals surface area contributed by atoms with Gasteiger partial charge in [-0.2, -0.15) is 0 Å². The lowest BCUT2D eigenvalue weighted by atomic mass is 9.97. The first-order valence-corrected chi connectivity index (χ1v) is 9.48. The zero-order chi connectivity index (χ0) is 19.1. The third kappa shape index (κ3) is 5.66. The van der Waals surface area contributed by atoms with E-state index in [-0.39, 0.29) is 17.7 Å². The number of nitrogens with zero attached hydrogens (tertiary/aromatic N) is 2. The molecule has 1 fully saturated rings. The molecule has 2 aromatic carbocycles. The number of rotatable bonds is 6. The monoisotopic (exact) mass is 365 g/mol. The zero-order valence-corrected chi connectivity index (χ0v) is 15.8. The highest BCUT2D eigenvalue weighted by Gasteiger charge is 2.28. The molecule has 0 radical (unpaired) electrons. The van der Waals surface area contributed by atoms with Crippen LogP contribution in [0, 0.1) is 5.92 Å². The van der Waals surface area contributed by atoms with Gasteiger partial charge in [0.1, 0.15) is 0 Å². The Kier molecular flexibility index (Phi) is 6.60. The Bertz CT molecular complexity index is 749. The Morgan fingerprint density at radius 3 is 2.44 bits per heavy atom. The van der Waals surface area contributed by atoms with Gasteiger partial charge in [-0.05, 0) is 37.6 Å². The molecule has 2 amide bonds. The smallest absolute Gasteiger partial charge is 0.236 e. The van der Waals surface area contributed by atoms with Crippen LogP contribution in [0.5, 0.6) is 0 Å². The standard InChI is InChI=1S/C22H27N3O2/c1-24(15-18-9-4-2-5-10-18)17-21(26)25-14-8-11-19(16-25)22(27)23-20-12-6-3-7-13-20/h2-7,9-10,12-13,19H,8,11,14-17H2,1H3,(H,23,27). The van der Waals surface area contributed by atoms with Gasteiger partial charge in [0.25, 0.3) is 0 Å². The van der Waals surface area contributed by atoms with Crippen LogP contribution < -0.4 is 5.32 Å². The zero-order valence-electron chi connectivity index (χ0n) is 15.8. The Morgan fingerprint density at radius 2 is 1.74 bits per heavy atom. The number of carbonyl (C=O) groups excluding carboxylic acids is 2. The molecule has 0 saturated carbocycles. The molecule has 5 heteroatoms. The molecule has 1 aliphatic rings. The van der Waals surface area contributed by atoms with Gasteiger partial charge in [0.05, 0.1) is 12.5 Å². The quantitative estimate of drug-likeness (QED) is 0.856. The van der Waals surface area contributed by atoms with Crippen molar-refractivity contribution < 1.29 is 9.59 Å². The Balaban J connectivity index is 1.50. The van der Waals surface area contributed by atoms with Gasteiger partial charge in [-0.3, -0.25) is 14.5 Å². The molecule has 1 aliphatic heterocycles. The van der Waals surface area contributed by atoms with Crippen LogP contribution >= 0.6 is 0 Å². The van der Waals surface area contributed by atoms with E-state index in [2.05, 4.69) is 17.4 Å². The Morgan fingerprint density at radius 1 is 1.07 bits per heavy atom. The van der Waals surface area contributed by atoms with Crippen LogP contribution in [0.2, 0.25) is 0 Å². The summed E-state index contributed by atoms with van der Waals surface area (Å²) in [5.74, 6) is -0.0654. The molecular weight excluding hydrogens is 338 g/mol. The minimum Gasteiger partial charge on any atom is -0.341 e. The largest absolute Gasteiger partial charge is 0.341 e.